The number of ketones is 2. The number of nitrogens with one attached hydrogen (secondary N) is 1. The van der Waals surface area contributed by atoms with E-state index in [1.54, 1.807) is 12.1 Å². The normalized spacial score (nSPS) is 15.9. The number of aryl methyl sites for hydroxylation is 1. The van der Waals surface area contributed by atoms with E-state index in [1.807, 2.05) is 37.3 Å². The van der Waals surface area contributed by atoms with Crippen LogP contribution in [-0.4, -0.2) is 16.7 Å². The summed E-state index contributed by atoms with van der Waals surface area (Å²) in [6.45, 7) is 2.00. The molecule has 2 aliphatic carbocycles. The van der Waals surface area contributed by atoms with Crippen molar-refractivity contribution in [3.63, 3.8) is 0 Å². The zero-order chi connectivity index (χ0) is 17.6. The summed E-state index contributed by atoms with van der Waals surface area (Å²) in [5, 5.41) is 13.4. The molecule has 0 fully saturated rings. The lowest BCUT2D eigenvalue weighted by molar-refractivity contribution is 0.0969. The fourth-order valence-electron chi connectivity index (χ4n) is 3.33. The number of phenols is 1. The van der Waals surface area contributed by atoms with Gasteiger partial charge in [0.25, 0.3) is 0 Å². The molecule has 2 aromatic rings. The first-order valence-electron chi connectivity index (χ1n) is 8.26. The first kappa shape index (κ1) is 15.4. The lowest BCUT2D eigenvalue weighted by atomic mass is 9.78. The summed E-state index contributed by atoms with van der Waals surface area (Å²) in [5.74, 6) is -0.662. The molecule has 4 rings (SSSR count). The predicted molar refractivity (Wildman–Crippen MR) is 96.6 cm³/mol. The zero-order valence-corrected chi connectivity index (χ0v) is 13.8. The van der Waals surface area contributed by atoms with Gasteiger partial charge in [-0.1, -0.05) is 29.8 Å². The van der Waals surface area contributed by atoms with E-state index in [0.717, 1.165) is 24.1 Å². The van der Waals surface area contributed by atoms with Gasteiger partial charge in [-0.05, 0) is 44.0 Å². The van der Waals surface area contributed by atoms with Crippen LogP contribution < -0.4 is 5.32 Å². The average Bonchev–Trinajstić information content (AvgIpc) is 2.63. The maximum absolute atomic E-state index is 13.0. The number of Topliss-reactive ketones (excluding diaryl/α,β-unsaturated/α-hetero) is 2. The molecule has 2 aromatic carbocycles. The van der Waals surface area contributed by atoms with E-state index < -0.39 is 0 Å². The average molecular weight is 331 g/mol. The first-order chi connectivity index (χ1) is 12.1. The number of anilines is 2. The van der Waals surface area contributed by atoms with Gasteiger partial charge in [0.2, 0.25) is 0 Å². The van der Waals surface area contributed by atoms with Crippen molar-refractivity contribution < 1.29 is 14.7 Å². The third kappa shape index (κ3) is 2.47. The highest BCUT2D eigenvalue weighted by molar-refractivity contribution is 6.33. The van der Waals surface area contributed by atoms with Crippen LogP contribution in [-0.2, 0) is 0 Å². The standard InChI is InChI=1S/C21H17NO3/c1-12-6-8-13(9-7-12)22-16-10-11-17(23)19-18(16)20(24)14-4-2-3-5-15(14)21(19)25/h4-11,22-23H,2-3H2,1H3. The van der Waals surface area contributed by atoms with Crippen molar-refractivity contribution in [2.45, 2.75) is 19.8 Å². The van der Waals surface area contributed by atoms with E-state index in [0.29, 0.717) is 16.8 Å². The Labute approximate surface area is 145 Å². The number of rotatable bonds is 2. The summed E-state index contributed by atoms with van der Waals surface area (Å²) in [4.78, 5) is 25.8. The molecule has 2 N–H and O–H groups in total. The fraction of sp³-hybridized carbons (Fsp3) is 0.143. The topological polar surface area (TPSA) is 66.4 Å². The minimum absolute atomic E-state index is 0.0902. The lowest BCUT2D eigenvalue weighted by Crippen LogP contribution is -2.25. The number of phenolic OH excluding ortho intramolecular Hbond substituents is 1. The number of carbonyl (C=O) groups excluding carboxylic acids is 2. The Hall–Kier alpha value is -3.14. The Bertz CT molecular complexity index is 965. The second-order valence-electron chi connectivity index (χ2n) is 6.34. The molecule has 0 heterocycles. The summed E-state index contributed by atoms with van der Waals surface area (Å²) in [6.07, 6.45) is 5.08. The highest BCUT2D eigenvalue weighted by Crippen LogP contribution is 2.40. The molecule has 0 spiro atoms. The summed E-state index contributed by atoms with van der Waals surface area (Å²) in [6, 6.07) is 10.8. The third-order valence-electron chi connectivity index (χ3n) is 4.61. The molecular formula is C21H17NO3. The van der Waals surface area contributed by atoms with Crippen LogP contribution in [0.3, 0.4) is 0 Å². The largest absolute Gasteiger partial charge is 0.507 e. The molecule has 0 bridgehead atoms. The molecule has 0 radical (unpaired) electrons. The molecule has 0 saturated heterocycles. The molecule has 4 nitrogen and oxygen atoms in total. The van der Waals surface area contributed by atoms with Crippen molar-refractivity contribution in [1.82, 2.24) is 0 Å². The second-order valence-corrected chi connectivity index (χ2v) is 6.34. The predicted octanol–water partition coefficient (Wildman–Crippen LogP) is 4.47. The molecule has 4 heteroatoms. The SMILES string of the molecule is Cc1ccc(Nc2ccc(O)c3c2C(=O)C2=CCCC=C2C3=O)cc1. The van der Waals surface area contributed by atoms with Crippen LogP contribution >= 0.6 is 0 Å². The molecule has 0 unspecified atom stereocenters. The van der Waals surface area contributed by atoms with Gasteiger partial charge in [0.1, 0.15) is 5.75 Å². The maximum Gasteiger partial charge on any atom is 0.197 e. The number of allylic oxidation sites excluding steroid dienone is 4. The van der Waals surface area contributed by atoms with E-state index in [1.165, 1.54) is 6.07 Å². The van der Waals surface area contributed by atoms with E-state index in [-0.39, 0.29) is 28.4 Å². The van der Waals surface area contributed by atoms with Crippen molar-refractivity contribution in [2.75, 3.05) is 5.32 Å². The Morgan fingerprint density at radius 2 is 1.44 bits per heavy atom. The van der Waals surface area contributed by atoms with Gasteiger partial charge in [-0.3, -0.25) is 9.59 Å². The van der Waals surface area contributed by atoms with Crippen LogP contribution in [0.4, 0.5) is 11.4 Å². The minimum atomic E-state index is -0.286. The van der Waals surface area contributed by atoms with Crippen LogP contribution in [0.1, 0.15) is 39.1 Å². The second kappa shape index (κ2) is 5.74. The molecule has 124 valence electrons. The highest BCUT2D eigenvalue weighted by atomic mass is 16.3. The van der Waals surface area contributed by atoms with Gasteiger partial charge >= 0.3 is 0 Å². The van der Waals surface area contributed by atoms with Crippen LogP contribution in [0.25, 0.3) is 0 Å². The molecule has 0 amide bonds. The van der Waals surface area contributed by atoms with E-state index in [4.69, 9.17) is 0 Å². The van der Waals surface area contributed by atoms with Crippen LogP contribution in [0, 0.1) is 6.92 Å². The van der Waals surface area contributed by atoms with Gasteiger partial charge in [0, 0.05) is 16.8 Å². The van der Waals surface area contributed by atoms with Gasteiger partial charge in [0.15, 0.2) is 11.6 Å². The van der Waals surface area contributed by atoms with Crippen molar-refractivity contribution >= 4 is 22.9 Å². The summed E-state index contributed by atoms with van der Waals surface area (Å²) >= 11 is 0. The molecule has 0 atom stereocenters. The van der Waals surface area contributed by atoms with Crippen LogP contribution in [0.2, 0.25) is 0 Å². The molecule has 0 aliphatic heterocycles. The van der Waals surface area contributed by atoms with Crippen molar-refractivity contribution in [3.05, 3.63) is 76.4 Å². The Kier molecular flexibility index (Phi) is 3.53. The van der Waals surface area contributed by atoms with Gasteiger partial charge in [-0.2, -0.15) is 0 Å². The Balaban J connectivity index is 1.87. The highest BCUT2D eigenvalue weighted by Gasteiger charge is 2.37. The smallest absolute Gasteiger partial charge is 0.197 e. The minimum Gasteiger partial charge on any atom is -0.507 e. The van der Waals surface area contributed by atoms with Gasteiger partial charge in [-0.15, -0.1) is 0 Å². The Morgan fingerprint density at radius 1 is 0.840 bits per heavy atom. The number of fused-ring (bicyclic) bond motifs is 2. The molecular weight excluding hydrogens is 314 g/mol. The zero-order valence-electron chi connectivity index (χ0n) is 13.8. The van der Waals surface area contributed by atoms with Gasteiger partial charge in [0.05, 0.1) is 16.8 Å². The monoisotopic (exact) mass is 331 g/mol. The summed E-state index contributed by atoms with van der Waals surface area (Å²) < 4.78 is 0. The van der Waals surface area contributed by atoms with E-state index in [9.17, 15) is 14.7 Å². The fourth-order valence-corrected chi connectivity index (χ4v) is 3.33. The van der Waals surface area contributed by atoms with Crippen LogP contribution in [0.5, 0.6) is 5.75 Å². The third-order valence-corrected chi connectivity index (χ3v) is 4.61. The molecule has 0 aromatic heterocycles. The number of hydrogen-bond acceptors (Lipinski definition) is 4. The molecule has 2 aliphatic rings. The van der Waals surface area contributed by atoms with Crippen molar-refractivity contribution in [2.24, 2.45) is 0 Å². The van der Waals surface area contributed by atoms with Gasteiger partial charge < -0.3 is 10.4 Å². The van der Waals surface area contributed by atoms with Crippen molar-refractivity contribution in [1.29, 1.82) is 0 Å². The summed E-state index contributed by atoms with van der Waals surface area (Å²) in [5.41, 5.74) is 3.67. The lowest BCUT2D eigenvalue weighted by Gasteiger charge is -2.25. The van der Waals surface area contributed by atoms with Gasteiger partial charge in [-0.25, -0.2) is 0 Å². The number of hydrogen-bond donors (Lipinski definition) is 2. The van der Waals surface area contributed by atoms with Crippen LogP contribution in [0.15, 0.2) is 59.7 Å². The molecule has 0 saturated carbocycles. The maximum atomic E-state index is 13.0. The van der Waals surface area contributed by atoms with E-state index >= 15 is 0 Å². The first-order valence-corrected chi connectivity index (χ1v) is 8.26. The number of benzene rings is 2. The number of carbonyl (C=O) groups is 2. The quantitative estimate of drug-likeness (QED) is 0.797. The molecule has 25 heavy (non-hydrogen) atoms. The van der Waals surface area contributed by atoms with E-state index in [2.05, 4.69) is 5.32 Å². The Morgan fingerprint density at radius 3 is 2.08 bits per heavy atom. The van der Waals surface area contributed by atoms with Crippen molar-refractivity contribution in [3.8, 4) is 5.75 Å². The summed E-state index contributed by atoms with van der Waals surface area (Å²) in [7, 11) is 0. The number of aromatic hydroxyl groups is 1.